The Morgan fingerprint density at radius 2 is 1.76 bits per heavy atom. The Morgan fingerprint density at radius 1 is 1.10 bits per heavy atom. The summed E-state index contributed by atoms with van der Waals surface area (Å²) in [6.07, 6.45) is 9.05. The van der Waals surface area contributed by atoms with Crippen LogP contribution in [-0.2, 0) is 21.7 Å². The Balaban J connectivity index is 0.00000161. The van der Waals surface area contributed by atoms with Crippen molar-refractivity contribution in [3.05, 3.63) is 53.1 Å². The first-order valence-electron chi connectivity index (χ1n) is 7.96. The Morgan fingerprint density at radius 3 is 2.48 bits per heavy atom. The summed E-state index contributed by atoms with van der Waals surface area (Å²) in [6, 6.07) is 12.5. The fourth-order valence-corrected chi connectivity index (χ4v) is 6.74. The molecule has 0 aliphatic heterocycles. The summed E-state index contributed by atoms with van der Waals surface area (Å²) in [4.78, 5) is 0. The summed E-state index contributed by atoms with van der Waals surface area (Å²) in [5, 5.41) is 1.60. The van der Waals surface area contributed by atoms with Gasteiger partial charge in [0, 0.05) is 21.7 Å². The molecule has 0 spiro atoms. The van der Waals surface area contributed by atoms with Crippen molar-refractivity contribution in [1.29, 1.82) is 0 Å². The van der Waals surface area contributed by atoms with E-state index < -0.39 is 8.07 Å². The van der Waals surface area contributed by atoms with Gasteiger partial charge in [-0.25, -0.2) is 17.2 Å². The Kier molecular flexibility index (Phi) is 5.51. The van der Waals surface area contributed by atoms with Crippen molar-refractivity contribution in [2.24, 2.45) is 5.92 Å². The fourth-order valence-electron chi connectivity index (χ4n) is 3.84. The molecule has 0 fully saturated rings. The third-order valence-electron chi connectivity index (χ3n) is 5.07. The maximum absolute atomic E-state index is 3.70. The van der Waals surface area contributed by atoms with E-state index in [-0.39, 0.29) is 21.7 Å². The molecule has 1 unspecified atom stereocenters. The van der Waals surface area contributed by atoms with Gasteiger partial charge >= 0.3 is 0 Å². The van der Waals surface area contributed by atoms with Gasteiger partial charge in [0.2, 0.25) is 0 Å². The van der Waals surface area contributed by atoms with Crippen LogP contribution in [0.5, 0.6) is 0 Å². The van der Waals surface area contributed by atoms with Gasteiger partial charge in [0.05, 0.1) is 8.07 Å². The van der Waals surface area contributed by atoms with E-state index in [0.29, 0.717) is 5.92 Å². The van der Waals surface area contributed by atoms with Gasteiger partial charge < -0.3 is 0 Å². The molecule has 0 amide bonds. The van der Waals surface area contributed by atoms with E-state index in [2.05, 4.69) is 56.4 Å². The van der Waals surface area contributed by atoms with Crippen molar-refractivity contribution in [3.63, 3.8) is 0 Å². The largest absolute Gasteiger partial charge is 0.249 e. The monoisotopic (exact) mass is 329 g/mol. The molecule has 0 nitrogen and oxygen atoms in total. The molecule has 0 saturated heterocycles. The second-order valence-corrected chi connectivity index (χ2v) is 11.8. The first kappa shape index (κ1) is 17.0. The molecule has 2 heteroatoms. The summed E-state index contributed by atoms with van der Waals surface area (Å²) >= 11 is 0. The Bertz CT molecular complexity index is 554. The quantitative estimate of drug-likeness (QED) is 0.549. The van der Waals surface area contributed by atoms with E-state index in [1.165, 1.54) is 37.3 Å². The van der Waals surface area contributed by atoms with Crippen molar-refractivity contribution in [3.8, 4) is 0 Å². The van der Waals surface area contributed by atoms with Gasteiger partial charge in [-0.2, -0.15) is 5.57 Å². The van der Waals surface area contributed by atoms with Crippen LogP contribution in [0, 0.1) is 12.0 Å². The van der Waals surface area contributed by atoms with Crippen molar-refractivity contribution < 1.29 is 21.7 Å². The van der Waals surface area contributed by atoms with Gasteiger partial charge in [-0.1, -0.05) is 93.2 Å². The molecule has 1 atom stereocenters. The van der Waals surface area contributed by atoms with E-state index in [4.69, 9.17) is 0 Å². The van der Waals surface area contributed by atoms with Crippen LogP contribution in [0.3, 0.4) is 0 Å². The van der Waals surface area contributed by atoms with Crippen LogP contribution in [0.25, 0.3) is 0 Å². The normalized spacial score (nSPS) is 21.7. The maximum atomic E-state index is 3.70. The molecular weight excluding hydrogens is 304 g/mol. The van der Waals surface area contributed by atoms with Crippen LogP contribution < -0.4 is 5.19 Å². The number of allylic oxidation sites excluding steroid dienone is 4. The first-order chi connectivity index (χ1) is 9.58. The summed E-state index contributed by atoms with van der Waals surface area (Å²) in [5.74, 6) is 0.701. The van der Waals surface area contributed by atoms with Crippen molar-refractivity contribution in [2.45, 2.75) is 51.7 Å². The molecular formula is C19H25SiTi-. The van der Waals surface area contributed by atoms with Gasteiger partial charge in [0.1, 0.15) is 0 Å². The molecule has 1 aromatic carbocycles. The van der Waals surface area contributed by atoms with Crippen LogP contribution in [0.4, 0.5) is 0 Å². The zero-order chi connectivity index (χ0) is 14.2. The van der Waals surface area contributed by atoms with E-state index in [1.54, 1.807) is 16.3 Å². The van der Waals surface area contributed by atoms with Crippen molar-refractivity contribution >= 4 is 13.3 Å². The van der Waals surface area contributed by atoms with Gasteiger partial charge in [-0.3, -0.25) is 0 Å². The van der Waals surface area contributed by atoms with Gasteiger partial charge in [0.15, 0.2) is 0 Å². The summed E-state index contributed by atoms with van der Waals surface area (Å²) in [5.41, 5.74) is 4.82. The fraction of sp³-hybridized carbons (Fsp3) is 0.474. The predicted octanol–water partition coefficient (Wildman–Crippen LogP) is 4.85. The van der Waals surface area contributed by atoms with Crippen molar-refractivity contribution in [2.75, 3.05) is 0 Å². The molecule has 0 aromatic heterocycles. The van der Waals surface area contributed by atoms with Gasteiger partial charge in [-0.05, 0) is 0 Å². The van der Waals surface area contributed by atoms with Crippen LogP contribution in [0.15, 0.2) is 47.1 Å². The third kappa shape index (κ3) is 3.52. The topological polar surface area (TPSA) is 0 Å². The number of rotatable bonds is 3. The molecule has 1 aromatic rings. The van der Waals surface area contributed by atoms with Crippen LogP contribution >= 0.6 is 0 Å². The zero-order valence-corrected chi connectivity index (χ0v) is 16.1. The SMILES string of the molecule is CC1=[C-]C2=C(CCCC2)C1C[Si](C)(C)c1ccccc1.[Ti]. The first-order valence-corrected chi connectivity index (χ1v) is 11.2. The molecule has 110 valence electrons. The zero-order valence-electron chi connectivity index (χ0n) is 13.5. The standard InChI is InChI=1S/C19H25Si.Ti/c1-15-13-16-9-7-8-12-18(16)19(15)14-20(2,3)17-10-5-4-6-11-17;/h4-6,10-11,19H,7-9,12,14H2,1-3H3;/q-1;. The molecule has 0 bridgehead atoms. The Labute approximate surface area is 145 Å². The molecule has 0 radical (unpaired) electrons. The average Bonchev–Trinajstić information content (AvgIpc) is 2.76. The molecule has 0 saturated carbocycles. The number of hydrogen-bond acceptors (Lipinski definition) is 0. The predicted molar refractivity (Wildman–Crippen MR) is 89.8 cm³/mol. The summed E-state index contributed by atoms with van der Waals surface area (Å²) in [7, 11) is -1.36. The second kappa shape index (κ2) is 6.81. The smallest absolute Gasteiger partial charge is 0.0800 e. The maximum Gasteiger partial charge on any atom is 0.0800 e. The minimum atomic E-state index is -1.36. The van der Waals surface area contributed by atoms with E-state index in [1.807, 2.05) is 0 Å². The second-order valence-electron chi connectivity index (χ2n) is 7.03. The molecule has 0 heterocycles. The molecule has 2 aliphatic rings. The van der Waals surface area contributed by atoms with Gasteiger partial charge in [-0.15, -0.1) is 0 Å². The van der Waals surface area contributed by atoms with Crippen LogP contribution in [0.2, 0.25) is 19.1 Å². The molecule has 21 heavy (non-hydrogen) atoms. The summed E-state index contributed by atoms with van der Waals surface area (Å²) < 4.78 is 0. The van der Waals surface area contributed by atoms with E-state index in [9.17, 15) is 0 Å². The molecule has 2 aliphatic carbocycles. The Hall–Kier alpha value is -0.369. The van der Waals surface area contributed by atoms with E-state index in [0.717, 1.165) is 0 Å². The van der Waals surface area contributed by atoms with Gasteiger partial charge in [0.25, 0.3) is 0 Å². The van der Waals surface area contributed by atoms with Crippen LogP contribution in [0.1, 0.15) is 32.6 Å². The summed E-state index contributed by atoms with van der Waals surface area (Å²) in [6.45, 7) is 7.35. The number of benzene rings is 1. The van der Waals surface area contributed by atoms with E-state index >= 15 is 0 Å². The molecule has 0 N–H and O–H groups in total. The van der Waals surface area contributed by atoms with Crippen LogP contribution in [-0.4, -0.2) is 8.07 Å². The molecule has 3 rings (SSSR count). The average molecular weight is 329 g/mol. The minimum Gasteiger partial charge on any atom is -0.249 e. The van der Waals surface area contributed by atoms with Crippen molar-refractivity contribution in [1.82, 2.24) is 0 Å². The third-order valence-corrected chi connectivity index (χ3v) is 8.40. The minimum absolute atomic E-state index is 0. The number of hydrogen-bond donors (Lipinski definition) is 0.